The Kier molecular flexibility index (Phi) is 4.10. The van der Waals surface area contributed by atoms with Crippen LogP contribution in [0.4, 0.5) is 13.2 Å². The molecule has 0 fully saturated rings. The zero-order chi connectivity index (χ0) is 16.0. The highest BCUT2D eigenvalue weighted by Crippen LogP contribution is 2.36. The van der Waals surface area contributed by atoms with E-state index in [2.05, 4.69) is 20.9 Å². The smallest absolute Gasteiger partial charge is 0.332 e. The number of nitrogens with two attached hydrogens (primary N) is 1. The summed E-state index contributed by atoms with van der Waals surface area (Å²) in [4.78, 5) is 4.30. The first kappa shape index (κ1) is 16.3. The fourth-order valence-corrected chi connectivity index (χ4v) is 2.52. The summed E-state index contributed by atoms with van der Waals surface area (Å²) in [5, 5.41) is 0.437. The van der Waals surface area contributed by atoms with Gasteiger partial charge < -0.3 is 10.3 Å². The quantitative estimate of drug-likeness (QED) is 0.803. The second-order valence-electron chi connectivity index (χ2n) is 6.30. The molecule has 3 nitrogen and oxygen atoms in total. The fraction of sp³-hybridized carbons (Fsp3) is 0.500. The molecular weight excluding hydrogens is 347 g/mol. The summed E-state index contributed by atoms with van der Waals surface area (Å²) in [5.41, 5.74) is 5.85. The van der Waals surface area contributed by atoms with Crippen molar-refractivity contribution in [1.29, 1.82) is 0 Å². The van der Waals surface area contributed by atoms with Crippen molar-refractivity contribution in [2.45, 2.75) is 39.5 Å². The monoisotopic (exact) mass is 363 g/mol. The predicted molar refractivity (Wildman–Crippen MR) is 79.9 cm³/mol. The van der Waals surface area contributed by atoms with Crippen LogP contribution in [0.3, 0.4) is 0 Å². The molecule has 0 unspecified atom stereocenters. The van der Waals surface area contributed by atoms with Gasteiger partial charge >= 0.3 is 6.18 Å². The topological polar surface area (TPSA) is 43.8 Å². The van der Waals surface area contributed by atoms with E-state index in [1.54, 1.807) is 16.7 Å². The maximum atomic E-state index is 12.9. The lowest BCUT2D eigenvalue weighted by atomic mass is 9.97. The van der Waals surface area contributed by atoms with E-state index in [-0.39, 0.29) is 11.0 Å². The molecule has 21 heavy (non-hydrogen) atoms. The second-order valence-corrected chi connectivity index (χ2v) is 7.11. The lowest BCUT2D eigenvalue weighted by Crippen LogP contribution is -2.28. The van der Waals surface area contributed by atoms with Crippen LogP contribution in [0.25, 0.3) is 11.0 Å². The Hall–Kier alpha value is -1.08. The van der Waals surface area contributed by atoms with Gasteiger partial charge in [0.15, 0.2) is 0 Å². The third-order valence-corrected chi connectivity index (χ3v) is 3.49. The zero-order valence-corrected chi connectivity index (χ0v) is 13.6. The van der Waals surface area contributed by atoms with Gasteiger partial charge in [0, 0.05) is 23.7 Å². The van der Waals surface area contributed by atoms with Crippen LogP contribution in [0.5, 0.6) is 0 Å². The average molecular weight is 364 g/mol. The summed E-state index contributed by atoms with van der Waals surface area (Å²) < 4.78 is 41.1. The van der Waals surface area contributed by atoms with E-state index in [0.717, 1.165) is 0 Å². The summed E-state index contributed by atoms with van der Waals surface area (Å²) >= 11 is 3.25. The minimum Gasteiger partial charge on any atom is -0.332 e. The standard InChI is InChI=1S/C14H17BrF3N3/c1-13(2,3)7-21-6-9(11(19)14(16,17)18)8-4-5-10(15)20-12(8)21/h4-6,11H,7,19H2,1-3H3/t11-/m0/s1. The van der Waals surface area contributed by atoms with E-state index in [1.165, 1.54) is 6.20 Å². The molecule has 0 saturated carbocycles. The first-order valence-corrected chi connectivity index (χ1v) is 7.26. The maximum Gasteiger partial charge on any atom is 0.407 e. The van der Waals surface area contributed by atoms with Gasteiger partial charge in [-0.15, -0.1) is 0 Å². The van der Waals surface area contributed by atoms with E-state index in [4.69, 9.17) is 5.73 Å². The number of rotatable bonds is 2. The van der Waals surface area contributed by atoms with Gasteiger partial charge in [-0.25, -0.2) is 4.98 Å². The zero-order valence-electron chi connectivity index (χ0n) is 12.0. The van der Waals surface area contributed by atoms with E-state index < -0.39 is 12.2 Å². The summed E-state index contributed by atoms with van der Waals surface area (Å²) in [7, 11) is 0. The first-order valence-electron chi connectivity index (χ1n) is 6.46. The summed E-state index contributed by atoms with van der Waals surface area (Å²) in [6.45, 7) is 6.60. The van der Waals surface area contributed by atoms with Crippen molar-refractivity contribution >= 4 is 27.0 Å². The molecular formula is C14H17BrF3N3. The fourth-order valence-electron chi connectivity index (χ4n) is 2.22. The summed E-state index contributed by atoms with van der Waals surface area (Å²) in [5.74, 6) is 0. The van der Waals surface area contributed by atoms with Crippen LogP contribution in [0, 0.1) is 5.41 Å². The molecule has 2 aromatic rings. The Morgan fingerprint density at radius 3 is 2.43 bits per heavy atom. The molecule has 0 spiro atoms. The van der Waals surface area contributed by atoms with Gasteiger partial charge in [0.2, 0.25) is 0 Å². The molecule has 0 aliphatic rings. The molecule has 1 atom stereocenters. The number of hydrogen-bond donors (Lipinski definition) is 1. The Balaban J connectivity index is 2.63. The molecule has 2 rings (SSSR count). The first-order chi connectivity index (χ1) is 9.49. The van der Waals surface area contributed by atoms with Crippen LogP contribution >= 0.6 is 15.9 Å². The van der Waals surface area contributed by atoms with E-state index >= 15 is 0 Å². The van der Waals surface area contributed by atoms with Crippen molar-refractivity contribution in [2.75, 3.05) is 0 Å². The lowest BCUT2D eigenvalue weighted by Gasteiger charge is -2.19. The minimum absolute atomic E-state index is 0.0572. The van der Waals surface area contributed by atoms with E-state index in [0.29, 0.717) is 22.2 Å². The molecule has 0 bridgehead atoms. The van der Waals surface area contributed by atoms with E-state index in [1.807, 2.05) is 20.8 Å². The number of alkyl halides is 3. The number of halogens is 4. The van der Waals surface area contributed by atoms with Gasteiger partial charge in [0.1, 0.15) is 16.3 Å². The van der Waals surface area contributed by atoms with Gasteiger partial charge in [-0.2, -0.15) is 13.2 Å². The van der Waals surface area contributed by atoms with Crippen molar-refractivity contribution < 1.29 is 13.2 Å². The molecule has 2 N–H and O–H groups in total. The van der Waals surface area contributed by atoms with Crippen LogP contribution in [-0.2, 0) is 6.54 Å². The van der Waals surface area contributed by atoms with Crippen molar-refractivity contribution in [3.63, 3.8) is 0 Å². The Morgan fingerprint density at radius 2 is 1.90 bits per heavy atom. The maximum absolute atomic E-state index is 12.9. The number of hydrogen-bond acceptors (Lipinski definition) is 2. The number of aromatic nitrogens is 2. The highest BCUT2D eigenvalue weighted by Gasteiger charge is 2.39. The van der Waals surface area contributed by atoms with Crippen molar-refractivity contribution in [2.24, 2.45) is 11.1 Å². The third-order valence-electron chi connectivity index (χ3n) is 3.05. The van der Waals surface area contributed by atoms with Crippen LogP contribution in [0.15, 0.2) is 22.9 Å². The van der Waals surface area contributed by atoms with Crippen LogP contribution in [-0.4, -0.2) is 15.7 Å². The summed E-state index contributed by atoms with van der Waals surface area (Å²) in [6.07, 6.45) is -3.01. The van der Waals surface area contributed by atoms with Crippen LogP contribution in [0.2, 0.25) is 0 Å². The van der Waals surface area contributed by atoms with Gasteiger partial charge in [-0.05, 0) is 33.5 Å². The Morgan fingerprint density at radius 1 is 1.29 bits per heavy atom. The molecule has 0 aliphatic heterocycles. The molecule has 7 heteroatoms. The minimum atomic E-state index is -4.48. The van der Waals surface area contributed by atoms with Gasteiger partial charge in [0.05, 0.1) is 0 Å². The third kappa shape index (κ3) is 3.58. The average Bonchev–Trinajstić information content (AvgIpc) is 2.63. The molecule has 116 valence electrons. The lowest BCUT2D eigenvalue weighted by molar-refractivity contribution is -0.148. The Bertz CT molecular complexity index is 656. The van der Waals surface area contributed by atoms with Gasteiger partial charge in [-0.3, -0.25) is 0 Å². The van der Waals surface area contributed by atoms with Crippen LogP contribution in [0.1, 0.15) is 32.4 Å². The molecule has 0 aliphatic carbocycles. The van der Waals surface area contributed by atoms with Crippen molar-refractivity contribution in [3.8, 4) is 0 Å². The van der Waals surface area contributed by atoms with Crippen molar-refractivity contribution in [3.05, 3.63) is 28.5 Å². The molecule has 0 radical (unpaired) electrons. The number of fused-ring (bicyclic) bond motifs is 1. The highest BCUT2D eigenvalue weighted by molar-refractivity contribution is 9.10. The molecule has 0 amide bonds. The molecule has 0 saturated heterocycles. The Labute approximate surface area is 129 Å². The number of nitrogens with zero attached hydrogens (tertiary/aromatic N) is 2. The van der Waals surface area contributed by atoms with Crippen LogP contribution < -0.4 is 5.73 Å². The van der Waals surface area contributed by atoms with E-state index in [9.17, 15) is 13.2 Å². The largest absolute Gasteiger partial charge is 0.407 e. The van der Waals surface area contributed by atoms with Gasteiger partial charge in [0.25, 0.3) is 0 Å². The van der Waals surface area contributed by atoms with Crippen molar-refractivity contribution in [1.82, 2.24) is 9.55 Å². The number of pyridine rings is 1. The molecule has 2 aromatic heterocycles. The predicted octanol–water partition coefficient (Wildman–Crippen LogP) is 4.41. The normalized spacial score (nSPS) is 14.7. The molecule has 0 aromatic carbocycles. The second kappa shape index (κ2) is 5.28. The highest BCUT2D eigenvalue weighted by atomic mass is 79.9. The SMILES string of the molecule is CC(C)(C)Cn1cc([C@H](N)C(F)(F)F)c2ccc(Br)nc21. The summed E-state index contributed by atoms with van der Waals surface area (Å²) in [6, 6.07) is 1.23. The molecule has 2 heterocycles. The van der Waals surface area contributed by atoms with Gasteiger partial charge in [-0.1, -0.05) is 20.8 Å².